The van der Waals surface area contributed by atoms with Gasteiger partial charge in [0, 0.05) is 18.8 Å². The topological polar surface area (TPSA) is 64.8 Å². The molecule has 96 valence electrons. The zero-order chi connectivity index (χ0) is 13.8. The number of anilines is 3. The highest BCUT2D eigenvalue weighted by Gasteiger charge is 2.05. The summed E-state index contributed by atoms with van der Waals surface area (Å²) >= 11 is 0. The Balaban J connectivity index is 2.29. The second kappa shape index (κ2) is 5.36. The molecule has 2 aromatic rings. The number of nitriles is 1. The Kier molecular flexibility index (Phi) is 3.62. The third-order valence-electron chi connectivity index (χ3n) is 3.01. The maximum absolute atomic E-state index is 8.84. The van der Waals surface area contributed by atoms with Crippen molar-refractivity contribution in [1.82, 2.24) is 9.97 Å². The van der Waals surface area contributed by atoms with Gasteiger partial charge >= 0.3 is 0 Å². The van der Waals surface area contributed by atoms with Crippen LogP contribution in [0.5, 0.6) is 0 Å². The predicted octanol–water partition coefficient (Wildman–Crippen LogP) is 2.75. The lowest BCUT2D eigenvalue weighted by atomic mass is 10.1. The van der Waals surface area contributed by atoms with Gasteiger partial charge in [-0.3, -0.25) is 4.90 Å². The summed E-state index contributed by atoms with van der Waals surface area (Å²) in [6.45, 7) is 4.12. The summed E-state index contributed by atoms with van der Waals surface area (Å²) in [4.78, 5) is 9.59. The second-order valence-electron chi connectivity index (χ2n) is 4.29. The summed E-state index contributed by atoms with van der Waals surface area (Å²) in [7, 11) is 1.66. The summed E-state index contributed by atoms with van der Waals surface area (Å²) in [6.07, 6.45) is 3.45. The minimum absolute atomic E-state index is 0.560. The van der Waals surface area contributed by atoms with E-state index >= 15 is 0 Å². The van der Waals surface area contributed by atoms with Crippen molar-refractivity contribution in [2.24, 2.45) is 0 Å². The highest BCUT2D eigenvalue weighted by molar-refractivity contribution is 5.64. The van der Waals surface area contributed by atoms with E-state index in [-0.39, 0.29) is 0 Å². The van der Waals surface area contributed by atoms with Crippen LogP contribution in [0, 0.1) is 25.3 Å². The van der Waals surface area contributed by atoms with Gasteiger partial charge in [-0.05, 0) is 31.0 Å². The molecule has 5 nitrogen and oxygen atoms in total. The van der Waals surface area contributed by atoms with Gasteiger partial charge in [-0.15, -0.1) is 0 Å². The van der Waals surface area contributed by atoms with Gasteiger partial charge in [-0.1, -0.05) is 12.1 Å². The summed E-state index contributed by atoms with van der Waals surface area (Å²) in [5.74, 6) is 1.23. The number of rotatable bonds is 3. The molecule has 19 heavy (non-hydrogen) atoms. The van der Waals surface area contributed by atoms with Gasteiger partial charge in [-0.25, -0.2) is 9.97 Å². The molecule has 0 saturated carbocycles. The minimum Gasteiger partial charge on any atom is -0.340 e. The number of hydrogen-bond donors (Lipinski definition) is 1. The van der Waals surface area contributed by atoms with Crippen molar-refractivity contribution >= 4 is 17.3 Å². The first-order valence-electron chi connectivity index (χ1n) is 5.90. The van der Waals surface area contributed by atoms with Crippen molar-refractivity contribution in [3.05, 3.63) is 41.7 Å². The predicted molar refractivity (Wildman–Crippen MR) is 75.2 cm³/mol. The van der Waals surface area contributed by atoms with E-state index in [0.29, 0.717) is 11.6 Å². The molecule has 0 atom stereocenters. The van der Waals surface area contributed by atoms with E-state index < -0.39 is 0 Å². The molecule has 0 radical (unpaired) electrons. The van der Waals surface area contributed by atoms with Gasteiger partial charge in [0.25, 0.3) is 0 Å². The molecular weight excluding hydrogens is 238 g/mol. The maximum atomic E-state index is 8.84. The monoisotopic (exact) mass is 253 g/mol. The van der Waals surface area contributed by atoms with E-state index in [1.165, 1.54) is 22.4 Å². The minimum atomic E-state index is 0.560. The van der Waals surface area contributed by atoms with E-state index in [0.717, 1.165) is 5.69 Å². The molecule has 0 aliphatic heterocycles. The first-order valence-corrected chi connectivity index (χ1v) is 5.90. The van der Waals surface area contributed by atoms with E-state index in [1.54, 1.807) is 13.1 Å². The molecule has 0 aliphatic rings. The molecule has 0 fully saturated rings. The van der Waals surface area contributed by atoms with Crippen LogP contribution in [0.1, 0.15) is 11.1 Å². The average Bonchev–Trinajstić information content (AvgIpc) is 2.43. The van der Waals surface area contributed by atoms with Crippen LogP contribution in [-0.2, 0) is 0 Å². The van der Waals surface area contributed by atoms with Crippen LogP contribution in [0.3, 0.4) is 0 Å². The Morgan fingerprint density at radius 3 is 2.79 bits per heavy atom. The maximum Gasteiger partial charge on any atom is 0.185 e. The average molecular weight is 253 g/mol. The zero-order valence-corrected chi connectivity index (χ0v) is 11.2. The first kappa shape index (κ1) is 12.8. The van der Waals surface area contributed by atoms with Crippen LogP contribution in [-0.4, -0.2) is 17.0 Å². The molecule has 0 aliphatic carbocycles. The lowest BCUT2D eigenvalue weighted by molar-refractivity contribution is 1.08. The number of aryl methyl sites for hydroxylation is 1. The Bertz CT molecular complexity index is 630. The number of benzene rings is 1. The lowest BCUT2D eigenvalue weighted by Crippen LogP contribution is -2.10. The lowest BCUT2D eigenvalue weighted by Gasteiger charge is -2.12. The standard InChI is InChI=1S/C14H15N5/c1-10-5-4-6-12(11(10)2)18-13-7-14(17-9-16-13)19(3)8-15/h4-7,9H,1-3H3,(H,16,17,18). The number of aromatic nitrogens is 2. The third-order valence-corrected chi connectivity index (χ3v) is 3.01. The molecule has 1 heterocycles. The van der Waals surface area contributed by atoms with Crippen LogP contribution in [0.25, 0.3) is 0 Å². The number of nitrogens with one attached hydrogen (secondary N) is 1. The fraction of sp³-hybridized carbons (Fsp3) is 0.214. The highest BCUT2D eigenvalue weighted by Crippen LogP contribution is 2.22. The van der Waals surface area contributed by atoms with Crippen LogP contribution in [0.4, 0.5) is 17.3 Å². The molecule has 2 rings (SSSR count). The van der Waals surface area contributed by atoms with Crippen LogP contribution in [0.2, 0.25) is 0 Å². The van der Waals surface area contributed by atoms with Crippen LogP contribution >= 0.6 is 0 Å². The molecule has 1 aromatic heterocycles. The van der Waals surface area contributed by atoms with Crippen molar-refractivity contribution in [3.8, 4) is 6.19 Å². The van der Waals surface area contributed by atoms with Crippen molar-refractivity contribution in [1.29, 1.82) is 5.26 Å². The van der Waals surface area contributed by atoms with Crippen molar-refractivity contribution in [3.63, 3.8) is 0 Å². The smallest absolute Gasteiger partial charge is 0.185 e. The zero-order valence-electron chi connectivity index (χ0n) is 11.2. The van der Waals surface area contributed by atoms with Gasteiger partial charge in [0.15, 0.2) is 6.19 Å². The molecule has 0 bridgehead atoms. The number of hydrogen-bond acceptors (Lipinski definition) is 5. The van der Waals surface area contributed by atoms with Gasteiger partial charge in [0.2, 0.25) is 0 Å². The van der Waals surface area contributed by atoms with Gasteiger partial charge < -0.3 is 5.32 Å². The SMILES string of the molecule is Cc1cccc(Nc2cc(N(C)C#N)ncn2)c1C. The Hall–Kier alpha value is -2.61. The third kappa shape index (κ3) is 2.80. The normalized spacial score (nSPS) is 9.79. The van der Waals surface area contributed by atoms with Crippen LogP contribution in [0.15, 0.2) is 30.6 Å². The fourth-order valence-corrected chi connectivity index (χ4v) is 1.67. The molecular formula is C14H15N5. The van der Waals surface area contributed by atoms with Gasteiger partial charge in [0.05, 0.1) is 0 Å². The first-order chi connectivity index (χ1) is 9.11. The molecule has 0 spiro atoms. The summed E-state index contributed by atoms with van der Waals surface area (Å²) in [5, 5.41) is 12.1. The molecule has 0 unspecified atom stereocenters. The summed E-state index contributed by atoms with van der Waals surface area (Å²) in [5.41, 5.74) is 3.40. The van der Waals surface area contributed by atoms with E-state index in [1.807, 2.05) is 18.3 Å². The molecule has 5 heteroatoms. The summed E-state index contributed by atoms with van der Waals surface area (Å²) in [6, 6.07) is 7.80. The molecule has 0 saturated heterocycles. The largest absolute Gasteiger partial charge is 0.340 e. The van der Waals surface area contributed by atoms with Crippen molar-refractivity contribution in [2.75, 3.05) is 17.3 Å². The van der Waals surface area contributed by atoms with Crippen LogP contribution < -0.4 is 10.2 Å². The summed E-state index contributed by atoms with van der Waals surface area (Å²) < 4.78 is 0. The molecule has 0 amide bonds. The van der Waals surface area contributed by atoms with E-state index in [4.69, 9.17) is 5.26 Å². The van der Waals surface area contributed by atoms with Crippen molar-refractivity contribution < 1.29 is 0 Å². The van der Waals surface area contributed by atoms with E-state index in [2.05, 4.69) is 35.2 Å². The quantitative estimate of drug-likeness (QED) is 0.673. The Morgan fingerprint density at radius 1 is 1.26 bits per heavy atom. The molecule has 1 aromatic carbocycles. The van der Waals surface area contributed by atoms with Gasteiger partial charge in [-0.2, -0.15) is 5.26 Å². The fourth-order valence-electron chi connectivity index (χ4n) is 1.67. The van der Waals surface area contributed by atoms with E-state index in [9.17, 15) is 0 Å². The van der Waals surface area contributed by atoms with Gasteiger partial charge in [0.1, 0.15) is 18.0 Å². The Morgan fingerprint density at radius 2 is 2.05 bits per heavy atom. The van der Waals surface area contributed by atoms with Crippen molar-refractivity contribution in [2.45, 2.75) is 13.8 Å². The number of nitrogens with zero attached hydrogens (tertiary/aromatic N) is 4. The molecule has 1 N–H and O–H groups in total. The Labute approximate surface area is 112 Å². The second-order valence-corrected chi connectivity index (χ2v) is 4.29. The highest BCUT2D eigenvalue weighted by atomic mass is 15.2.